The monoisotopic (exact) mass is 411 g/mol. The summed E-state index contributed by atoms with van der Waals surface area (Å²) in [4.78, 5) is 36.9. The van der Waals surface area contributed by atoms with Crippen LogP contribution in [-0.2, 0) is 21.1 Å². The Balaban J connectivity index is 1.34. The Morgan fingerprint density at radius 2 is 2.20 bits per heavy atom. The van der Waals surface area contributed by atoms with Crippen LogP contribution in [0, 0.1) is 0 Å². The lowest BCUT2D eigenvalue weighted by Gasteiger charge is -2.30. The number of carbonyl (C=O) groups is 2. The largest absolute Gasteiger partial charge is 0.438 e. The molecule has 0 aromatic heterocycles. The molecule has 0 aliphatic carbocycles. The van der Waals surface area contributed by atoms with Gasteiger partial charge < -0.3 is 24.3 Å². The van der Waals surface area contributed by atoms with Crippen molar-refractivity contribution < 1.29 is 24.3 Å². The molecule has 1 radical (unpaired) electrons. The Morgan fingerprint density at radius 3 is 2.93 bits per heavy atom. The number of urea groups is 1. The van der Waals surface area contributed by atoms with Crippen molar-refractivity contribution in [2.24, 2.45) is 5.16 Å². The van der Waals surface area contributed by atoms with Gasteiger partial charge in [0, 0.05) is 19.5 Å². The third-order valence-electron chi connectivity index (χ3n) is 5.82. The first kappa shape index (κ1) is 20.9. The van der Waals surface area contributed by atoms with Gasteiger partial charge in [0.25, 0.3) is 7.41 Å². The molecule has 0 spiro atoms. The van der Waals surface area contributed by atoms with Crippen LogP contribution in [0.1, 0.15) is 24.8 Å². The molecule has 2 fully saturated rings. The van der Waals surface area contributed by atoms with E-state index in [0.717, 1.165) is 24.1 Å². The van der Waals surface area contributed by atoms with Crippen LogP contribution in [0.5, 0.6) is 0 Å². The van der Waals surface area contributed by atoms with E-state index < -0.39 is 7.05 Å². The first-order chi connectivity index (χ1) is 14.6. The number of hydroxylamine groups is 2. The number of amides is 2. The minimum Gasteiger partial charge on any atom is -0.438 e. The van der Waals surface area contributed by atoms with Crippen molar-refractivity contribution >= 4 is 32.4 Å². The van der Waals surface area contributed by atoms with Gasteiger partial charge >= 0.3 is 13.1 Å². The Bertz CT molecular complexity index is 796. The van der Waals surface area contributed by atoms with Gasteiger partial charge in [-0.15, -0.1) is 0 Å². The Labute approximate surface area is 176 Å². The highest BCUT2D eigenvalue weighted by Crippen LogP contribution is 2.33. The van der Waals surface area contributed by atoms with E-state index >= 15 is 0 Å². The van der Waals surface area contributed by atoms with Crippen molar-refractivity contribution in [1.29, 1.82) is 0 Å². The van der Waals surface area contributed by atoms with E-state index in [1.54, 1.807) is 6.82 Å². The molecule has 157 valence electrons. The molecule has 1 unspecified atom stereocenters. The van der Waals surface area contributed by atoms with Gasteiger partial charge in [0.05, 0.1) is 24.0 Å². The van der Waals surface area contributed by atoms with Gasteiger partial charge in [0.1, 0.15) is 12.7 Å². The average Bonchev–Trinajstić information content (AvgIpc) is 3.31. The van der Waals surface area contributed by atoms with Crippen LogP contribution in [0.25, 0.3) is 0 Å². The highest BCUT2D eigenvalue weighted by molar-refractivity contribution is 6.73. The molecule has 30 heavy (non-hydrogen) atoms. The van der Waals surface area contributed by atoms with Gasteiger partial charge in [0.2, 0.25) is 0 Å². The second kappa shape index (κ2) is 9.20. The molecule has 1 aromatic carbocycles. The summed E-state index contributed by atoms with van der Waals surface area (Å²) in [6, 6.07) is 9.58. The summed E-state index contributed by atoms with van der Waals surface area (Å²) in [7, 11) is 0.497. The highest BCUT2D eigenvalue weighted by Gasteiger charge is 2.48. The topological polar surface area (TPSA) is 94.9 Å². The third kappa shape index (κ3) is 4.38. The molecule has 0 saturated carbocycles. The second-order valence-corrected chi connectivity index (χ2v) is 7.89. The zero-order chi connectivity index (χ0) is 21.1. The summed E-state index contributed by atoms with van der Waals surface area (Å²) in [5.41, 5.74) is 1.85. The fourth-order valence-corrected chi connectivity index (χ4v) is 4.26. The average molecular weight is 411 g/mol. The fraction of sp³-hybridized carbons (Fsp3) is 0.526. The van der Waals surface area contributed by atoms with E-state index in [4.69, 9.17) is 9.68 Å². The molecule has 2 saturated heterocycles. The smallest absolute Gasteiger partial charge is 0.365 e. The van der Waals surface area contributed by atoms with Crippen LogP contribution in [0.3, 0.4) is 0 Å². The summed E-state index contributed by atoms with van der Waals surface area (Å²) in [6.07, 6.45) is 2.56. The summed E-state index contributed by atoms with van der Waals surface area (Å²) < 4.78 is 1.51. The first-order valence-electron chi connectivity index (χ1n) is 10.3. The van der Waals surface area contributed by atoms with Crippen LogP contribution in [-0.4, -0.2) is 83.4 Å². The zero-order valence-electron chi connectivity index (χ0n) is 17.0. The fourth-order valence-electron chi connectivity index (χ4n) is 4.26. The lowest BCUT2D eigenvalue weighted by Crippen LogP contribution is -2.47. The minimum absolute atomic E-state index is 0.0455. The van der Waals surface area contributed by atoms with E-state index in [1.165, 1.54) is 17.2 Å². The van der Waals surface area contributed by atoms with Gasteiger partial charge in [-0.3, -0.25) is 4.84 Å². The van der Waals surface area contributed by atoms with Crippen LogP contribution in [0.15, 0.2) is 35.5 Å². The maximum Gasteiger partial charge on any atom is 0.365 e. The number of rotatable bonds is 9. The van der Waals surface area contributed by atoms with E-state index in [2.05, 4.69) is 5.16 Å². The van der Waals surface area contributed by atoms with Crippen molar-refractivity contribution in [3.05, 3.63) is 35.9 Å². The number of fused-ring (bicyclic) bond motifs is 2. The predicted octanol–water partition coefficient (Wildman–Crippen LogP) is 0.753. The van der Waals surface area contributed by atoms with Crippen molar-refractivity contribution in [3.8, 4) is 0 Å². The van der Waals surface area contributed by atoms with E-state index in [0.29, 0.717) is 32.3 Å². The van der Waals surface area contributed by atoms with Crippen LogP contribution < -0.4 is 0 Å². The number of carbonyl (C=O) groups excluding carboxylic acids is 2. The van der Waals surface area contributed by atoms with Gasteiger partial charge in [-0.1, -0.05) is 35.5 Å². The Morgan fingerprint density at radius 1 is 1.40 bits per heavy atom. The van der Waals surface area contributed by atoms with E-state index in [1.807, 2.05) is 35.2 Å². The van der Waals surface area contributed by atoms with Gasteiger partial charge in [-0.25, -0.2) is 4.79 Å². The summed E-state index contributed by atoms with van der Waals surface area (Å²) in [5.74, 6) is 0. The van der Waals surface area contributed by atoms with Crippen molar-refractivity contribution in [1.82, 2.24) is 14.7 Å². The third-order valence-corrected chi connectivity index (χ3v) is 5.82. The molecule has 1 N–H and O–H groups in total. The molecule has 1 aromatic rings. The van der Waals surface area contributed by atoms with Crippen molar-refractivity contribution in [2.75, 3.05) is 13.1 Å². The maximum atomic E-state index is 13.0. The van der Waals surface area contributed by atoms with Crippen molar-refractivity contribution in [2.45, 2.75) is 50.9 Å². The van der Waals surface area contributed by atoms with Gasteiger partial charge in [0.15, 0.2) is 0 Å². The molecule has 3 atom stereocenters. The first-order valence-corrected chi connectivity index (χ1v) is 10.3. The standard InChI is InChI=1S/C19H25B2N4O5/c1-21(28)24(20-13-26)11-16-9-17(22-30-16)18-8-7-15-10-23(18)19(27)25(15)29-12-14-5-3-2-4-6-14/h2-6,13,15-16,18,28H,7-12H2,1H3/t15?,16-,18+/m1/s1. The summed E-state index contributed by atoms with van der Waals surface area (Å²) in [6.45, 7) is 2.90. The highest BCUT2D eigenvalue weighted by atomic mass is 16.7. The van der Waals surface area contributed by atoms with Crippen molar-refractivity contribution in [3.63, 3.8) is 0 Å². The molecule has 2 bridgehead atoms. The SMILES string of the molecule is CB(O)N([B]C=O)C[C@H]1CC([C@@H]2CCC3CN2C(=O)N3OCc2ccccc2)=NO1. The second-order valence-electron chi connectivity index (χ2n) is 7.89. The Kier molecular flexibility index (Phi) is 6.40. The summed E-state index contributed by atoms with van der Waals surface area (Å²) >= 11 is 0. The van der Waals surface area contributed by atoms with E-state index in [9.17, 15) is 14.6 Å². The molecule has 4 rings (SSSR count). The van der Waals surface area contributed by atoms with Gasteiger partial charge in [-0.2, -0.15) is 5.06 Å². The number of hydrogen-bond acceptors (Lipinski definition) is 7. The molecule has 11 heteroatoms. The molecule has 3 aliphatic rings. The van der Waals surface area contributed by atoms with Gasteiger partial charge in [-0.05, 0) is 25.2 Å². The van der Waals surface area contributed by atoms with Crippen LogP contribution in [0.4, 0.5) is 4.79 Å². The van der Waals surface area contributed by atoms with Crippen LogP contribution in [0.2, 0.25) is 6.82 Å². The molecular formula is C19H25B2N4O5. The lowest BCUT2D eigenvalue weighted by molar-refractivity contribution is -0.140. The number of nitrogens with zero attached hydrogens (tertiary/aromatic N) is 4. The molecule has 3 aliphatic heterocycles. The number of piperidine rings is 1. The molecular weight excluding hydrogens is 386 g/mol. The molecule has 9 nitrogen and oxygen atoms in total. The Hall–Kier alpha value is -2.36. The number of hydrogen-bond donors (Lipinski definition) is 1. The zero-order valence-corrected chi connectivity index (χ0v) is 17.0. The lowest BCUT2D eigenvalue weighted by atomic mass is 9.73. The normalized spacial score (nSPS) is 25.4. The minimum atomic E-state index is -0.797. The number of oxime groups is 1. The molecule has 2 amide bonds. The van der Waals surface area contributed by atoms with Crippen LogP contribution >= 0.6 is 0 Å². The maximum absolute atomic E-state index is 13.0. The number of benzene rings is 1. The molecule has 3 heterocycles. The van der Waals surface area contributed by atoms with E-state index in [-0.39, 0.29) is 24.2 Å². The summed E-state index contributed by atoms with van der Waals surface area (Å²) in [5, 5.41) is 15.5. The predicted molar refractivity (Wildman–Crippen MR) is 112 cm³/mol. The quantitative estimate of drug-likeness (QED) is 0.476.